The number of carbonyl (C=O) groups is 2. The number of nitrogens with one attached hydrogen (secondary N) is 1. The SMILES string of the molecule is CCN(C[C@@H]1CCCO1)C(=O)CCNC(=O)C12CC3CC(CC(C3)C1)C2. The van der Waals surface area contributed by atoms with Crippen LogP contribution in [0.4, 0.5) is 0 Å². The summed E-state index contributed by atoms with van der Waals surface area (Å²) in [5.41, 5.74) is -0.111. The fraction of sp³-hybridized carbons (Fsp3) is 0.905. The average molecular weight is 363 g/mol. The third-order valence-corrected chi connectivity index (χ3v) is 7.33. The summed E-state index contributed by atoms with van der Waals surface area (Å²) in [6.07, 6.45) is 10.0. The molecule has 0 radical (unpaired) electrons. The smallest absolute Gasteiger partial charge is 0.226 e. The summed E-state index contributed by atoms with van der Waals surface area (Å²) in [5, 5.41) is 3.13. The van der Waals surface area contributed by atoms with E-state index in [1.807, 2.05) is 11.8 Å². The Morgan fingerprint density at radius 3 is 2.31 bits per heavy atom. The highest BCUT2D eigenvalue weighted by molar-refractivity contribution is 5.84. The predicted octanol–water partition coefficient (Wildman–Crippen LogP) is 2.74. The lowest BCUT2D eigenvalue weighted by atomic mass is 9.49. The van der Waals surface area contributed by atoms with Gasteiger partial charge in [0.15, 0.2) is 0 Å². The van der Waals surface area contributed by atoms with E-state index in [0.717, 1.165) is 56.5 Å². The maximum absolute atomic E-state index is 12.9. The molecule has 4 aliphatic carbocycles. The van der Waals surface area contributed by atoms with Gasteiger partial charge < -0.3 is 15.0 Å². The van der Waals surface area contributed by atoms with Gasteiger partial charge in [-0.2, -0.15) is 0 Å². The van der Waals surface area contributed by atoms with Crippen molar-refractivity contribution < 1.29 is 14.3 Å². The monoisotopic (exact) mass is 362 g/mol. The van der Waals surface area contributed by atoms with Gasteiger partial charge >= 0.3 is 0 Å². The molecule has 1 heterocycles. The summed E-state index contributed by atoms with van der Waals surface area (Å²) in [4.78, 5) is 27.3. The van der Waals surface area contributed by atoms with Crippen molar-refractivity contribution in [3.8, 4) is 0 Å². The number of nitrogens with zero attached hydrogens (tertiary/aromatic N) is 1. The van der Waals surface area contributed by atoms with Crippen LogP contribution < -0.4 is 5.32 Å². The van der Waals surface area contributed by atoms with Crippen molar-refractivity contribution in [1.82, 2.24) is 10.2 Å². The molecule has 0 aromatic rings. The fourth-order valence-electron chi connectivity index (χ4n) is 6.46. The van der Waals surface area contributed by atoms with Crippen molar-refractivity contribution in [1.29, 1.82) is 0 Å². The first-order chi connectivity index (χ1) is 12.6. The zero-order valence-corrected chi connectivity index (χ0v) is 16.2. The minimum atomic E-state index is -0.111. The van der Waals surface area contributed by atoms with Crippen LogP contribution in [0.1, 0.15) is 64.7 Å². The van der Waals surface area contributed by atoms with E-state index in [9.17, 15) is 9.59 Å². The fourth-order valence-corrected chi connectivity index (χ4v) is 6.46. The van der Waals surface area contributed by atoms with Gasteiger partial charge in [0.2, 0.25) is 11.8 Å². The van der Waals surface area contributed by atoms with Crippen molar-refractivity contribution >= 4 is 11.8 Å². The summed E-state index contributed by atoms with van der Waals surface area (Å²) in [6.45, 7) is 4.71. The summed E-state index contributed by atoms with van der Waals surface area (Å²) in [6, 6.07) is 0. The summed E-state index contributed by atoms with van der Waals surface area (Å²) >= 11 is 0. The third kappa shape index (κ3) is 3.64. The van der Waals surface area contributed by atoms with Crippen molar-refractivity contribution in [2.45, 2.75) is 70.8 Å². The lowest BCUT2D eigenvalue weighted by molar-refractivity contribution is -0.146. The Bertz CT molecular complexity index is 506. The molecule has 0 spiro atoms. The molecular formula is C21H34N2O3. The van der Waals surface area contributed by atoms with Gasteiger partial charge in [-0.05, 0) is 76.0 Å². The lowest BCUT2D eigenvalue weighted by Gasteiger charge is -2.55. The van der Waals surface area contributed by atoms with E-state index < -0.39 is 0 Å². The predicted molar refractivity (Wildman–Crippen MR) is 99.5 cm³/mol. The molecule has 0 unspecified atom stereocenters. The second-order valence-electron chi connectivity index (χ2n) is 9.27. The second kappa shape index (κ2) is 7.49. The largest absolute Gasteiger partial charge is 0.376 e. The Balaban J connectivity index is 1.25. The molecule has 4 saturated carbocycles. The molecule has 0 aromatic heterocycles. The van der Waals surface area contributed by atoms with Crippen molar-refractivity contribution in [2.24, 2.45) is 23.2 Å². The summed E-state index contributed by atoms with van der Waals surface area (Å²) in [5.74, 6) is 2.68. The Morgan fingerprint density at radius 1 is 1.12 bits per heavy atom. The van der Waals surface area contributed by atoms with E-state index in [4.69, 9.17) is 4.74 Å². The normalized spacial score (nSPS) is 37.7. The lowest BCUT2D eigenvalue weighted by Crippen LogP contribution is -2.53. The standard InChI is InChI=1S/C21H34N2O3/c1-2-23(14-18-4-3-7-26-18)19(24)5-6-22-20(25)21-11-15-8-16(12-21)10-17(9-15)13-21/h15-18H,2-14H2,1H3,(H,22,25)/t15?,16?,17?,18-,21?/m0/s1. The molecule has 5 nitrogen and oxygen atoms in total. The number of carbonyl (C=O) groups excluding carboxylic acids is 2. The van der Waals surface area contributed by atoms with Gasteiger partial charge in [-0.15, -0.1) is 0 Å². The van der Waals surface area contributed by atoms with Gasteiger partial charge in [0.05, 0.1) is 6.10 Å². The van der Waals surface area contributed by atoms with Gasteiger partial charge in [-0.1, -0.05) is 0 Å². The average Bonchev–Trinajstić information content (AvgIpc) is 3.11. The van der Waals surface area contributed by atoms with Crippen LogP contribution in [-0.2, 0) is 14.3 Å². The van der Waals surface area contributed by atoms with Crippen LogP contribution in [0.25, 0.3) is 0 Å². The molecule has 5 fully saturated rings. The number of ether oxygens (including phenoxy) is 1. The maximum Gasteiger partial charge on any atom is 0.226 e. The Kier molecular flexibility index (Phi) is 5.27. The highest BCUT2D eigenvalue weighted by Gasteiger charge is 2.54. The third-order valence-electron chi connectivity index (χ3n) is 7.33. The van der Waals surface area contributed by atoms with Crippen molar-refractivity contribution in [3.05, 3.63) is 0 Å². The molecule has 1 aliphatic heterocycles. The first-order valence-corrected chi connectivity index (χ1v) is 10.8. The Labute approximate surface area is 157 Å². The molecule has 5 rings (SSSR count). The number of rotatable bonds is 7. The van der Waals surface area contributed by atoms with E-state index in [-0.39, 0.29) is 23.3 Å². The number of hydrogen-bond donors (Lipinski definition) is 1. The zero-order chi connectivity index (χ0) is 18.1. The topological polar surface area (TPSA) is 58.6 Å². The van der Waals surface area contributed by atoms with Crippen LogP contribution in [0.15, 0.2) is 0 Å². The highest BCUT2D eigenvalue weighted by Crippen LogP contribution is 2.60. The number of hydrogen-bond acceptors (Lipinski definition) is 3. The van der Waals surface area contributed by atoms with E-state index in [1.165, 1.54) is 19.3 Å². The van der Waals surface area contributed by atoms with Gasteiger partial charge in [-0.3, -0.25) is 9.59 Å². The number of amides is 2. The molecule has 26 heavy (non-hydrogen) atoms. The van der Waals surface area contributed by atoms with Crippen LogP contribution in [0.3, 0.4) is 0 Å². The zero-order valence-electron chi connectivity index (χ0n) is 16.2. The Hall–Kier alpha value is -1.10. The molecule has 1 atom stereocenters. The van der Waals surface area contributed by atoms with E-state index in [1.54, 1.807) is 0 Å². The molecule has 1 saturated heterocycles. The molecule has 0 aromatic carbocycles. The van der Waals surface area contributed by atoms with Crippen LogP contribution >= 0.6 is 0 Å². The van der Waals surface area contributed by atoms with Crippen LogP contribution in [0.5, 0.6) is 0 Å². The second-order valence-corrected chi connectivity index (χ2v) is 9.27. The quantitative estimate of drug-likeness (QED) is 0.758. The molecule has 5 aliphatic rings. The summed E-state index contributed by atoms with van der Waals surface area (Å²) in [7, 11) is 0. The van der Waals surface area contributed by atoms with Crippen LogP contribution in [0.2, 0.25) is 0 Å². The minimum Gasteiger partial charge on any atom is -0.376 e. The van der Waals surface area contributed by atoms with Crippen molar-refractivity contribution in [3.63, 3.8) is 0 Å². The van der Waals surface area contributed by atoms with Gasteiger partial charge in [-0.25, -0.2) is 0 Å². The summed E-state index contributed by atoms with van der Waals surface area (Å²) < 4.78 is 5.65. The molecule has 1 N–H and O–H groups in total. The van der Waals surface area contributed by atoms with E-state index in [0.29, 0.717) is 26.1 Å². The van der Waals surface area contributed by atoms with Gasteiger partial charge in [0.1, 0.15) is 0 Å². The van der Waals surface area contributed by atoms with E-state index in [2.05, 4.69) is 5.32 Å². The maximum atomic E-state index is 12.9. The molecular weight excluding hydrogens is 328 g/mol. The molecule has 2 amide bonds. The van der Waals surface area contributed by atoms with Gasteiger partial charge in [0.25, 0.3) is 0 Å². The highest BCUT2D eigenvalue weighted by atomic mass is 16.5. The minimum absolute atomic E-state index is 0.111. The molecule has 146 valence electrons. The van der Waals surface area contributed by atoms with Crippen LogP contribution in [0, 0.1) is 23.2 Å². The Morgan fingerprint density at radius 2 is 1.77 bits per heavy atom. The molecule has 4 bridgehead atoms. The van der Waals surface area contributed by atoms with E-state index >= 15 is 0 Å². The van der Waals surface area contributed by atoms with Crippen LogP contribution in [-0.4, -0.2) is 49.1 Å². The number of likely N-dealkylation sites (N-methyl/N-ethyl adjacent to an activating group) is 1. The van der Waals surface area contributed by atoms with Gasteiger partial charge in [0, 0.05) is 38.1 Å². The first kappa shape index (κ1) is 18.3. The van der Waals surface area contributed by atoms with Crippen molar-refractivity contribution in [2.75, 3.05) is 26.2 Å². The molecule has 5 heteroatoms. The first-order valence-electron chi connectivity index (χ1n) is 10.8.